The van der Waals surface area contributed by atoms with Gasteiger partial charge in [0.15, 0.2) is 0 Å². The van der Waals surface area contributed by atoms with Crippen LogP contribution in [0.4, 0.5) is 0 Å². The van der Waals surface area contributed by atoms with Gasteiger partial charge in [0.1, 0.15) is 5.75 Å². The van der Waals surface area contributed by atoms with Crippen LogP contribution in [-0.4, -0.2) is 38.3 Å². The molecule has 1 fully saturated rings. The molecule has 0 radical (unpaired) electrons. The number of nitrogens with two attached hydrogens (primary N) is 1. The van der Waals surface area contributed by atoms with E-state index >= 15 is 0 Å². The zero-order chi connectivity index (χ0) is 15.4. The number of hydrogen-bond donors (Lipinski definition) is 2. The van der Waals surface area contributed by atoms with Crippen LogP contribution in [0.25, 0.3) is 0 Å². The van der Waals surface area contributed by atoms with Gasteiger partial charge in [-0.25, -0.2) is 0 Å². The Labute approximate surface area is 131 Å². The Kier molecular flexibility index (Phi) is 4.95. The lowest BCUT2D eigenvalue weighted by atomic mass is 9.90. The van der Waals surface area contributed by atoms with Gasteiger partial charge in [0.2, 0.25) is 5.91 Å². The lowest BCUT2D eigenvalue weighted by Crippen LogP contribution is -2.48. The molecule has 1 saturated heterocycles. The summed E-state index contributed by atoms with van der Waals surface area (Å²) in [6.07, 6.45) is 2.66. The highest BCUT2D eigenvalue weighted by Crippen LogP contribution is 2.32. The predicted octanol–water partition coefficient (Wildman–Crippen LogP) is 1.42. The molecule has 0 saturated carbocycles. The molecule has 2 heterocycles. The van der Waals surface area contributed by atoms with E-state index in [1.807, 2.05) is 18.2 Å². The van der Waals surface area contributed by atoms with Gasteiger partial charge in [0.25, 0.3) is 0 Å². The molecule has 1 aromatic carbocycles. The van der Waals surface area contributed by atoms with E-state index in [2.05, 4.69) is 11.4 Å². The Balaban J connectivity index is 1.55. The largest absolute Gasteiger partial charge is 0.493 e. The molecule has 2 aliphatic rings. The number of benzene rings is 1. The van der Waals surface area contributed by atoms with Gasteiger partial charge < -0.3 is 20.5 Å². The first-order chi connectivity index (χ1) is 10.8. The Bertz CT molecular complexity index is 514. The first kappa shape index (κ1) is 15.3. The van der Waals surface area contributed by atoms with Crippen LogP contribution < -0.4 is 15.8 Å². The van der Waals surface area contributed by atoms with Crippen molar-refractivity contribution in [2.24, 2.45) is 11.7 Å². The minimum atomic E-state index is -0.431. The summed E-state index contributed by atoms with van der Waals surface area (Å²) in [6.45, 7) is 2.73. The third-order valence-corrected chi connectivity index (χ3v) is 4.68. The van der Waals surface area contributed by atoms with E-state index in [1.165, 1.54) is 5.56 Å². The molecular weight excluding hydrogens is 280 g/mol. The molecule has 1 aromatic rings. The van der Waals surface area contributed by atoms with Crippen molar-refractivity contribution in [2.45, 2.75) is 31.2 Å². The van der Waals surface area contributed by atoms with Gasteiger partial charge in [-0.15, -0.1) is 0 Å². The molecule has 22 heavy (non-hydrogen) atoms. The summed E-state index contributed by atoms with van der Waals surface area (Å²) in [4.78, 5) is 12.3. The van der Waals surface area contributed by atoms with Gasteiger partial charge in [-0.2, -0.15) is 0 Å². The van der Waals surface area contributed by atoms with E-state index in [-0.39, 0.29) is 11.8 Å². The standard InChI is InChI=1S/C17H24N2O3/c18-16(12-5-8-21-9-6-12)17(20)19-11-13-7-10-22-15-4-2-1-3-14(13)15/h1-4,12-13,16H,5-11,18H2,(H,19,20). The van der Waals surface area contributed by atoms with Gasteiger partial charge in [-0.05, 0) is 36.8 Å². The molecule has 0 aliphatic carbocycles. The molecule has 2 aliphatic heterocycles. The topological polar surface area (TPSA) is 73.6 Å². The van der Waals surface area contributed by atoms with Crippen LogP contribution in [0.15, 0.2) is 24.3 Å². The molecule has 120 valence electrons. The van der Waals surface area contributed by atoms with E-state index in [9.17, 15) is 4.79 Å². The molecule has 0 aromatic heterocycles. The first-order valence-corrected chi connectivity index (χ1v) is 8.08. The molecule has 3 N–H and O–H groups in total. The fraction of sp³-hybridized carbons (Fsp3) is 0.588. The van der Waals surface area contributed by atoms with Gasteiger partial charge in [0, 0.05) is 25.7 Å². The van der Waals surface area contributed by atoms with Crippen molar-refractivity contribution in [3.8, 4) is 5.75 Å². The van der Waals surface area contributed by atoms with Gasteiger partial charge in [-0.3, -0.25) is 4.79 Å². The number of nitrogens with one attached hydrogen (secondary N) is 1. The zero-order valence-corrected chi connectivity index (χ0v) is 12.8. The Hall–Kier alpha value is -1.59. The van der Waals surface area contributed by atoms with Crippen LogP contribution in [0.2, 0.25) is 0 Å². The second-order valence-corrected chi connectivity index (χ2v) is 6.09. The molecule has 5 heteroatoms. The summed E-state index contributed by atoms with van der Waals surface area (Å²) in [5, 5.41) is 3.03. The Morgan fingerprint density at radius 3 is 2.82 bits per heavy atom. The van der Waals surface area contributed by atoms with Crippen molar-refractivity contribution >= 4 is 5.91 Å². The number of fused-ring (bicyclic) bond motifs is 1. The minimum Gasteiger partial charge on any atom is -0.493 e. The van der Waals surface area contributed by atoms with Crippen molar-refractivity contribution in [1.82, 2.24) is 5.32 Å². The smallest absolute Gasteiger partial charge is 0.237 e. The molecule has 2 atom stereocenters. The summed E-state index contributed by atoms with van der Waals surface area (Å²) in [6, 6.07) is 7.61. The maximum atomic E-state index is 12.3. The maximum Gasteiger partial charge on any atom is 0.237 e. The van der Waals surface area contributed by atoms with Crippen LogP contribution in [0.5, 0.6) is 5.75 Å². The van der Waals surface area contributed by atoms with E-state index < -0.39 is 6.04 Å². The molecule has 1 amide bonds. The fourth-order valence-electron chi connectivity index (χ4n) is 3.26. The minimum absolute atomic E-state index is 0.0455. The number of carbonyl (C=O) groups is 1. The summed E-state index contributed by atoms with van der Waals surface area (Å²) in [5.41, 5.74) is 7.28. The highest BCUT2D eigenvalue weighted by Gasteiger charge is 2.28. The number of amides is 1. The first-order valence-electron chi connectivity index (χ1n) is 8.08. The normalized spacial score (nSPS) is 23.2. The van der Waals surface area contributed by atoms with Crippen molar-refractivity contribution in [2.75, 3.05) is 26.4 Å². The molecule has 0 bridgehead atoms. The maximum absolute atomic E-state index is 12.3. The molecular formula is C17H24N2O3. The zero-order valence-electron chi connectivity index (χ0n) is 12.8. The Morgan fingerprint density at radius 2 is 2.00 bits per heavy atom. The van der Waals surface area contributed by atoms with Gasteiger partial charge >= 0.3 is 0 Å². The van der Waals surface area contributed by atoms with Crippen LogP contribution in [0.1, 0.15) is 30.7 Å². The van der Waals surface area contributed by atoms with Gasteiger partial charge in [0.05, 0.1) is 12.6 Å². The summed E-state index contributed by atoms with van der Waals surface area (Å²) in [5.74, 6) is 1.42. The second kappa shape index (κ2) is 7.11. The quantitative estimate of drug-likeness (QED) is 0.882. The number of para-hydroxylation sites is 1. The summed E-state index contributed by atoms with van der Waals surface area (Å²) < 4.78 is 11.0. The fourth-order valence-corrected chi connectivity index (χ4v) is 3.26. The SMILES string of the molecule is NC(C(=O)NCC1CCOc2ccccc21)C1CCOCC1. The van der Waals surface area contributed by atoms with Crippen LogP contribution in [0, 0.1) is 5.92 Å². The molecule has 0 spiro atoms. The van der Waals surface area contributed by atoms with Crippen molar-refractivity contribution in [3.63, 3.8) is 0 Å². The third kappa shape index (κ3) is 3.42. The average Bonchev–Trinajstić information content (AvgIpc) is 2.59. The Morgan fingerprint density at radius 1 is 1.23 bits per heavy atom. The summed E-state index contributed by atoms with van der Waals surface area (Å²) >= 11 is 0. The lowest BCUT2D eigenvalue weighted by Gasteiger charge is -2.29. The van der Waals surface area contributed by atoms with E-state index in [4.69, 9.17) is 15.2 Å². The summed E-state index contributed by atoms with van der Waals surface area (Å²) in [7, 11) is 0. The average molecular weight is 304 g/mol. The number of carbonyl (C=O) groups excluding carboxylic acids is 1. The molecule has 5 nitrogen and oxygen atoms in total. The van der Waals surface area contributed by atoms with E-state index in [0.717, 1.165) is 25.0 Å². The lowest BCUT2D eigenvalue weighted by molar-refractivity contribution is -0.124. The van der Waals surface area contributed by atoms with Crippen molar-refractivity contribution < 1.29 is 14.3 Å². The highest BCUT2D eigenvalue weighted by molar-refractivity contribution is 5.81. The number of hydrogen-bond acceptors (Lipinski definition) is 4. The van der Waals surface area contributed by atoms with E-state index in [0.29, 0.717) is 32.3 Å². The van der Waals surface area contributed by atoms with Gasteiger partial charge in [-0.1, -0.05) is 18.2 Å². The molecule has 2 unspecified atom stereocenters. The van der Waals surface area contributed by atoms with Crippen LogP contribution in [0.3, 0.4) is 0 Å². The number of ether oxygens (including phenoxy) is 2. The highest BCUT2D eigenvalue weighted by atomic mass is 16.5. The van der Waals surface area contributed by atoms with Crippen LogP contribution in [-0.2, 0) is 9.53 Å². The van der Waals surface area contributed by atoms with Crippen molar-refractivity contribution in [3.05, 3.63) is 29.8 Å². The predicted molar refractivity (Wildman–Crippen MR) is 83.8 cm³/mol. The number of rotatable bonds is 4. The molecule has 3 rings (SSSR count). The second-order valence-electron chi connectivity index (χ2n) is 6.09. The van der Waals surface area contributed by atoms with Crippen LogP contribution >= 0.6 is 0 Å². The third-order valence-electron chi connectivity index (χ3n) is 4.68. The monoisotopic (exact) mass is 304 g/mol. The van der Waals surface area contributed by atoms with E-state index in [1.54, 1.807) is 0 Å². The van der Waals surface area contributed by atoms with Crippen molar-refractivity contribution in [1.29, 1.82) is 0 Å².